The smallest absolute Gasteiger partial charge is 0.242 e. The number of aromatic nitrogens is 2. The summed E-state index contributed by atoms with van der Waals surface area (Å²) in [6.45, 7) is 2.07. The van der Waals surface area contributed by atoms with E-state index in [1.54, 1.807) is 31.3 Å². The first-order chi connectivity index (χ1) is 21.3. The van der Waals surface area contributed by atoms with E-state index in [-0.39, 0.29) is 22.6 Å². The number of benzene rings is 3. The fourth-order valence-corrected chi connectivity index (χ4v) is 8.20. The Kier molecular flexibility index (Phi) is 8.38. The van der Waals surface area contributed by atoms with Gasteiger partial charge in [-0.05, 0) is 55.2 Å². The summed E-state index contributed by atoms with van der Waals surface area (Å²) < 4.78 is 31.3. The number of carbonyl (C=O) groups excluding carboxylic acids is 1. The lowest BCUT2D eigenvalue weighted by Crippen LogP contribution is -2.59. The molecule has 1 aliphatic rings. The van der Waals surface area contributed by atoms with E-state index in [1.165, 1.54) is 0 Å². The second kappa shape index (κ2) is 12.4. The second-order valence-corrected chi connectivity index (χ2v) is 13.7. The molecule has 0 saturated heterocycles. The Bertz CT molecular complexity index is 1850. The number of para-hydroxylation sites is 1. The Morgan fingerprint density at radius 3 is 2.36 bits per heavy atom. The molecule has 1 aliphatic carbocycles. The first-order valence-corrected chi connectivity index (χ1v) is 16.7. The zero-order valence-corrected chi connectivity index (χ0v) is 25.7. The highest BCUT2D eigenvalue weighted by molar-refractivity contribution is 7.89. The summed E-state index contributed by atoms with van der Waals surface area (Å²) >= 11 is 0. The SMILES string of the molecule is CC(Cc1c[nH]c2ccccc12)(NS(=O)(=O)c1ccccc1-c1ccccc1)C(=O)NCC1(c2ccccn2)CCCCC1. The van der Waals surface area contributed by atoms with Crippen molar-refractivity contribution in [2.45, 2.75) is 61.3 Å². The summed E-state index contributed by atoms with van der Waals surface area (Å²) in [5.41, 5.74) is 2.32. The Morgan fingerprint density at radius 1 is 0.886 bits per heavy atom. The molecule has 1 fully saturated rings. The molecule has 226 valence electrons. The van der Waals surface area contributed by atoms with Crippen molar-refractivity contribution < 1.29 is 13.2 Å². The van der Waals surface area contributed by atoms with Gasteiger partial charge in [-0.1, -0.05) is 92.1 Å². The van der Waals surface area contributed by atoms with Crippen LogP contribution in [0.3, 0.4) is 0 Å². The molecule has 2 aromatic heterocycles. The minimum Gasteiger partial charge on any atom is -0.361 e. The number of fused-ring (bicyclic) bond motifs is 1. The number of hydrogen-bond donors (Lipinski definition) is 3. The summed E-state index contributed by atoms with van der Waals surface area (Å²) in [5, 5.41) is 4.15. The van der Waals surface area contributed by atoms with Crippen LogP contribution in [0.1, 0.15) is 50.3 Å². The number of nitrogens with zero attached hydrogens (tertiary/aromatic N) is 1. The van der Waals surface area contributed by atoms with Crippen molar-refractivity contribution in [3.05, 3.63) is 121 Å². The molecule has 0 radical (unpaired) electrons. The maximum atomic E-state index is 14.3. The van der Waals surface area contributed by atoms with Crippen molar-refractivity contribution in [1.29, 1.82) is 0 Å². The van der Waals surface area contributed by atoms with Gasteiger partial charge in [0.05, 0.1) is 4.90 Å². The Balaban J connectivity index is 1.35. The van der Waals surface area contributed by atoms with Crippen molar-refractivity contribution in [3.63, 3.8) is 0 Å². The average Bonchev–Trinajstić information content (AvgIpc) is 3.47. The largest absolute Gasteiger partial charge is 0.361 e. The number of nitrogens with one attached hydrogen (secondary N) is 3. The number of rotatable bonds is 10. The average molecular weight is 607 g/mol. The van der Waals surface area contributed by atoms with Crippen molar-refractivity contribution in [2.75, 3.05) is 6.54 Å². The maximum Gasteiger partial charge on any atom is 0.242 e. The van der Waals surface area contributed by atoms with Gasteiger partial charge in [0.2, 0.25) is 15.9 Å². The van der Waals surface area contributed by atoms with Crippen molar-refractivity contribution in [3.8, 4) is 11.1 Å². The first-order valence-electron chi connectivity index (χ1n) is 15.2. The van der Waals surface area contributed by atoms with Crippen molar-refractivity contribution in [1.82, 2.24) is 20.0 Å². The molecule has 1 unspecified atom stereocenters. The number of H-pyrrole nitrogens is 1. The molecule has 2 heterocycles. The van der Waals surface area contributed by atoms with Gasteiger partial charge >= 0.3 is 0 Å². The van der Waals surface area contributed by atoms with Crippen molar-refractivity contribution >= 4 is 26.8 Å². The minimum absolute atomic E-state index is 0.126. The maximum absolute atomic E-state index is 14.3. The van der Waals surface area contributed by atoms with Gasteiger partial charge in [-0.2, -0.15) is 4.72 Å². The van der Waals surface area contributed by atoms with Crippen LogP contribution in [0.4, 0.5) is 0 Å². The van der Waals surface area contributed by atoms with Gasteiger partial charge in [0.15, 0.2) is 0 Å². The molecule has 8 heteroatoms. The summed E-state index contributed by atoms with van der Waals surface area (Å²) in [5.74, 6) is -0.371. The van der Waals surface area contributed by atoms with E-state index in [1.807, 2.05) is 85.1 Å². The van der Waals surface area contributed by atoms with Crippen LogP contribution in [0, 0.1) is 0 Å². The van der Waals surface area contributed by atoms with Crippen LogP contribution in [-0.2, 0) is 26.7 Å². The molecular formula is C36H38N4O3S. The highest BCUT2D eigenvalue weighted by atomic mass is 32.2. The lowest BCUT2D eigenvalue weighted by molar-refractivity contribution is -0.126. The topological polar surface area (TPSA) is 104 Å². The molecule has 5 aromatic rings. The van der Waals surface area contributed by atoms with Gasteiger partial charge in [-0.25, -0.2) is 8.42 Å². The molecular weight excluding hydrogens is 568 g/mol. The van der Waals surface area contributed by atoms with E-state index in [0.29, 0.717) is 12.1 Å². The fourth-order valence-electron chi connectivity index (χ4n) is 6.60. The highest BCUT2D eigenvalue weighted by Crippen LogP contribution is 2.38. The molecule has 1 atom stereocenters. The first kappa shape index (κ1) is 29.8. The van der Waals surface area contributed by atoms with E-state index < -0.39 is 15.6 Å². The minimum atomic E-state index is -4.14. The summed E-state index contributed by atoms with van der Waals surface area (Å²) in [6.07, 6.45) is 8.92. The van der Waals surface area contributed by atoms with Crippen LogP contribution in [0.5, 0.6) is 0 Å². The molecule has 7 nitrogen and oxygen atoms in total. The molecule has 0 spiro atoms. The summed E-state index contributed by atoms with van der Waals surface area (Å²) in [7, 11) is -4.14. The predicted molar refractivity (Wildman–Crippen MR) is 175 cm³/mol. The van der Waals surface area contributed by atoms with E-state index in [9.17, 15) is 13.2 Å². The number of amides is 1. The zero-order valence-electron chi connectivity index (χ0n) is 24.9. The third-order valence-electron chi connectivity index (χ3n) is 8.95. The molecule has 3 aromatic carbocycles. The molecule has 44 heavy (non-hydrogen) atoms. The van der Waals surface area contributed by atoms with Gasteiger partial charge in [-0.15, -0.1) is 0 Å². The van der Waals surface area contributed by atoms with Crippen molar-refractivity contribution in [2.24, 2.45) is 0 Å². The third-order valence-corrected chi connectivity index (χ3v) is 10.6. The fraction of sp³-hybridized carbons (Fsp3) is 0.278. The van der Waals surface area contributed by atoms with Gasteiger partial charge in [0.25, 0.3) is 0 Å². The number of sulfonamides is 1. The monoisotopic (exact) mass is 606 g/mol. The predicted octanol–water partition coefficient (Wildman–Crippen LogP) is 6.53. The number of carbonyl (C=O) groups is 1. The number of hydrogen-bond acceptors (Lipinski definition) is 4. The zero-order chi connectivity index (χ0) is 30.6. The van der Waals surface area contributed by atoms with Crippen LogP contribution in [0.25, 0.3) is 22.0 Å². The van der Waals surface area contributed by atoms with Gasteiger partial charge in [0, 0.05) is 52.9 Å². The normalized spacial score (nSPS) is 16.3. The van der Waals surface area contributed by atoms with Crippen LogP contribution >= 0.6 is 0 Å². The second-order valence-electron chi connectivity index (χ2n) is 12.1. The van der Waals surface area contributed by atoms with Gasteiger partial charge in [-0.3, -0.25) is 9.78 Å². The molecule has 1 amide bonds. The van der Waals surface area contributed by atoms with Gasteiger partial charge in [0.1, 0.15) is 5.54 Å². The summed E-state index contributed by atoms with van der Waals surface area (Å²) in [6, 6.07) is 30.1. The van der Waals surface area contributed by atoms with E-state index >= 15 is 0 Å². The van der Waals surface area contributed by atoms with Gasteiger partial charge < -0.3 is 10.3 Å². The van der Waals surface area contributed by atoms with E-state index in [2.05, 4.69) is 20.0 Å². The molecule has 3 N–H and O–H groups in total. The quantitative estimate of drug-likeness (QED) is 0.168. The van der Waals surface area contributed by atoms with E-state index in [4.69, 9.17) is 0 Å². The van der Waals surface area contributed by atoms with Crippen LogP contribution in [0.2, 0.25) is 0 Å². The van der Waals surface area contributed by atoms with E-state index in [0.717, 1.165) is 59.8 Å². The highest BCUT2D eigenvalue weighted by Gasteiger charge is 2.42. The molecule has 6 rings (SSSR count). The molecule has 0 bridgehead atoms. The Labute approximate surface area is 259 Å². The standard InChI is InChI=1S/C36H38N4O3S/c1-35(24-28-25-38-31-18-8-6-16-29(28)31,34(41)39-26-36(21-11-3-12-22-36)33-20-10-13-23-37-33)40-44(42,43)32-19-9-7-17-30(32)27-14-4-2-5-15-27/h2,4-10,13-20,23,25,38,40H,3,11-12,21-22,24,26H2,1H3,(H,39,41). The number of pyridine rings is 1. The van der Waals surface area contributed by atoms with Crippen LogP contribution in [-0.4, -0.2) is 36.4 Å². The molecule has 1 saturated carbocycles. The lowest BCUT2D eigenvalue weighted by Gasteiger charge is -2.38. The summed E-state index contributed by atoms with van der Waals surface area (Å²) in [4.78, 5) is 22.4. The Morgan fingerprint density at radius 2 is 1.59 bits per heavy atom. The Hall–Kier alpha value is -4.27. The molecule has 0 aliphatic heterocycles. The van der Waals surface area contributed by atoms with Crippen LogP contribution in [0.15, 0.2) is 114 Å². The lowest BCUT2D eigenvalue weighted by atomic mass is 9.71. The van der Waals surface area contributed by atoms with Crippen LogP contribution < -0.4 is 10.0 Å². The number of aromatic amines is 1. The third kappa shape index (κ3) is 6.05.